The van der Waals surface area contributed by atoms with Crippen LogP contribution in [-0.2, 0) is 10.0 Å². The van der Waals surface area contributed by atoms with Crippen LogP contribution in [0.3, 0.4) is 0 Å². The summed E-state index contributed by atoms with van der Waals surface area (Å²) in [4.78, 5) is 17.3. The number of nitro benzene ring substituents is 1. The van der Waals surface area contributed by atoms with Gasteiger partial charge in [0.15, 0.2) is 5.13 Å². The number of benzene rings is 2. The summed E-state index contributed by atoms with van der Waals surface area (Å²) in [6.07, 6.45) is 0. The summed E-state index contributed by atoms with van der Waals surface area (Å²) in [6, 6.07) is 10.7. The van der Waals surface area contributed by atoms with Crippen molar-refractivity contribution < 1.29 is 13.3 Å². The Hall–Kier alpha value is -2.27. The van der Waals surface area contributed by atoms with Gasteiger partial charge in [0.1, 0.15) is 0 Å². The molecule has 0 atom stereocenters. The average molecular weight is 439 g/mol. The van der Waals surface area contributed by atoms with Crippen molar-refractivity contribution in [3.63, 3.8) is 0 Å². The second kappa shape index (κ2) is 7.28. The third kappa shape index (κ3) is 3.55. The quantitative estimate of drug-likeness (QED) is 0.457. The maximum atomic E-state index is 12.8. The van der Waals surface area contributed by atoms with Crippen LogP contribution in [0.5, 0.6) is 0 Å². The Balaban J connectivity index is 1.50. The normalized spacial score (nSPS) is 15.8. The highest BCUT2D eigenvalue weighted by Gasteiger charge is 2.29. The van der Waals surface area contributed by atoms with Crippen molar-refractivity contribution in [1.82, 2.24) is 9.29 Å². The number of nitro groups is 1. The number of anilines is 1. The van der Waals surface area contributed by atoms with Gasteiger partial charge in [-0.25, -0.2) is 13.4 Å². The molecule has 1 aliphatic rings. The van der Waals surface area contributed by atoms with Gasteiger partial charge in [-0.05, 0) is 30.3 Å². The van der Waals surface area contributed by atoms with Gasteiger partial charge in [-0.1, -0.05) is 22.9 Å². The van der Waals surface area contributed by atoms with Gasteiger partial charge in [0.05, 0.1) is 20.0 Å². The fraction of sp³-hybridized carbons (Fsp3) is 0.235. The number of rotatable bonds is 4. The average Bonchev–Trinajstić information content (AvgIpc) is 3.11. The number of piperazine rings is 1. The molecular formula is C17H15ClN4O4S2. The van der Waals surface area contributed by atoms with E-state index in [2.05, 4.69) is 4.98 Å². The van der Waals surface area contributed by atoms with Gasteiger partial charge in [0.25, 0.3) is 5.69 Å². The molecule has 0 amide bonds. The van der Waals surface area contributed by atoms with E-state index in [1.54, 1.807) is 18.2 Å². The van der Waals surface area contributed by atoms with E-state index in [-0.39, 0.29) is 10.6 Å². The lowest BCUT2D eigenvalue weighted by molar-refractivity contribution is -0.384. The molecule has 0 radical (unpaired) electrons. The highest BCUT2D eigenvalue weighted by atomic mass is 35.5. The molecule has 2 heterocycles. The molecule has 1 aromatic heterocycles. The first-order valence-corrected chi connectivity index (χ1v) is 11.0. The Morgan fingerprint density at radius 1 is 1.07 bits per heavy atom. The zero-order valence-corrected chi connectivity index (χ0v) is 16.9. The van der Waals surface area contributed by atoms with Crippen LogP contribution in [0.15, 0.2) is 47.4 Å². The van der Waals surface area contributed by atoms with Crippen molar-refractivity contribution in [2.45, 2.75) is 4.90 Å². The largest absolute Gasteiger partial charge is 0.345 e. The van der Waals surface area contributed by atoms with Crippen LogP contribution in [0.4, 0.5) is 10.8 Å². The summed E-state index contributed by atoms with van der Waals surface area (Å²) < 4.78 is 27.7. The van der Waals surface area contributed by atoms with Crippen LogP contribution in [0.1, 0.15) is 0 Å². The fourth-order valence-corrected chi connectivity index (χ4v) is 5.62. The molecule has 0 spiro atoms. The van der Waals surface area contributed by atoms with E-state index in [0.29, 0.717) is 36.7 Å². The summed E-state index contributed by atoms with van der Waals surface area (Å²) in [5, 5.41) is 12.1. The topological polar surface area (TPSA) is 96.7 Å². The molecule has 0 unspecified atom stereocenters. The lowest BCUT2D eigenvalue weighted by atomic mass is 10.3. The molecule has 1 fully saturated rings. The molecule has 28 heavy (non-hydrogen) atoms. The molecule has 0 bridgehead atoms. The van der Waals surface area contributed by atoms with Crippen LogP contribution in [0.25, 0.3) is 10.2 Å². The van der Waals surface area contributed by atoms with E-state index in [0.717, 1.165) is 9.83 Å². The molecule has 1 saturated heterocycles. The highest BCUT2D eigenvalue weighted by Crippen LogP contribution is 2.32. The van der Waals surface area contributed by atoms with Crippen molar-refractivity contribution in [3.05, 3.63) is 57.6 Å². The molecule has 2 aromatic carbocycles. The monoisotopic (exact) mass is 438 g/mol. The minimum Gasteiger partial charge on any atom is -0.345 e. The molecule has 0 aliphatic carbocycles. The minimum atomic E-state index is -3.57. The molecule has 146 valence electrons. The number of fused-ring (bicyclic) bond motifs is 1. The Kier molecular flexibility index (Phi) is 4.96. The van der Waals surface area contributed by atoms with Gasteiger partial charge in [0.2, 0.25) is 10.0 Å². The van der Waals surface area contributed by atoms with Crippen LogP contribution in [0, 0.1) is 10.1 Å². The van der Waals surface area contributed by atoms with Gasteiger partial charge in [-0.3, -0.25) is 10.1 Å². The summed E-state index contributed by atoms with van der Waals surface area (Å²) in [6.45, 7) is 1.66. The van der Waals surface area contributed by atoms with E-state index in [1.807, 2.05) is 4.90 Å². The molecular weight excluding hydrogens is 424 g/mol. The Morgan fingerprint density at radius 2 is 1.75 bits per heavy atom. The van der Waals surface area contributed by atoms with Crippen molar-refractivity contribution in [3.8, 4) is 0 Å². The van der Waals surface area contributed by atoms with Crippen molar-refractivity contribution >= 4 is 54.0 Å². The fourth-order valence-electron chi connectivity index (χ4n) is 3.03. The zero-order chi connectivity index (χ0) is 19.9. The first-order valence-electron chi connectivity index (χ1n) is 8.40. The molecule has 0 saturated carbocycles. The number of thiazole rings is 1. The maximum Gasteiger partial charge on any atom is 0.270 e. The SMILES string of the molecule is O=[N+]([O-])c1ccc2nc(N3CCN(S(=O)(=O)c4ccc(Cl)cc4)CC3)sc2c1. The van der Waals surface area contributed by atoms with E-state index in [1.165, 1.54) is 39.9 Å². The minimum absolute atomic E-state index is 0.0292. The Labute approximate surface area is 170 Å². The standard InChI is InChI=1S/C17H15ClN4O4S2/c18-12-1-4-14(5-2-12)28(25,26)21-9-7-20(8-10-21)17-19-15-6-3-13(22(23)24)11-16(15)27-17/h1-6,11H,7-10H2. The van der Waals surface area contributed by atoms with Gasteiger partial charge in [0, 0.05) is 43.3 Å². The van der Waals surface area contributed by atoms with Crippen molar-refractivity contribution in [1.29, 1.82) is 0 Å². The van der Waals surface area contributed by atoms with Crippen molar-refractivity contribution in [2.24, 2.45) is 0 Å². The zero-order valence-electron chi connectivity index (χ0n) is 14.5. The summed E-state index contributed by atoms with van der Waals surface area (Å²) in [7, 11) is -3.57. The van der Waals surface area contributed by atoms with Gasteiger partial charge in [-0.2, -0.15) is 4.31 Å². The molecule has 11 heteroatoms. The van der Waals surface area contributed by atoms with Crippen LogP contribution in [0.2, 0.25) is 5.02 Å². The molecule has 8 nitrogen and oxygen atoms in total. The van der Waals surface area contributed by atoms with Gasteiger partial charge < -0.3 is 4.90 Å². The van der Waals surface area contributed by atoms with E-state index in [9.17, 15) is 18.5 Å². The third-order valence-corrected chi connectivity index (χ3v) is 7.78. The van der Waals surface area contributed by atoms with Crippen LogP contribution < -0.4 is 4.90 Å². The Bertz CT molecular complexity index is 1140. The van der Waals surface area contributed by atoms with E-state index < -0.39 is 14.9 Å². The smallest absolute Gasteiger partial charge is 0.270 e. The predicted octanol–water partition coefficient (Wildman–Crippen LogP) is 3.37. The number of hydrogen-bond donors (Lipinski definition) is 0. The van der Waals surface area contributed by atoms with Crippen molar-refractivity contribution in [2.75, 3.05) is 31.1 Å². The number of non-ortho nitro benzene ring substituents is 1. The van der Waals surface area contributed by atoms with E-state index >= 15 is 0 Å². The number of nitrogens with zero attached hydrogens (tertiary/aromatic N) is 4. The summed E-state index contributed by atoms with van der Waals surface area (Å²) in [5.41, 5.74) is 0.725. The first-order chi connectivity index (χ1) is 13.3. The number of hydrogen-bond acceptors (Lipinski definition) is 7. The molecule has 4 rings (SSSR count). The predicted molar refractivity (Wildman–Crippen MR) is 109 cm³/mol. The molecule has 1 aliphatic heterocycles. The number of sulfonamides is 1. The summed E-state index contributed by atoms with van der Waals surface area (Å²) in [5.74, 6) is 0. The summed E-state index contributed by atoms with van der Waals surface area (Å²) >= 11 is 7.21. The molecule has 3 aromatic rings. The Morgan fingerprint density at radius 3 is 2.39 bits per heavy atom. The van der Waals surface area contributed by atoms with Gasteiger partial charge >= 0.3 is 0 Å². The molecule has 0 N–H and O–H groups in total. The van der Waals surface area contributed by atoms with Gasteiger partial charge in [-0.15, -0.1) is 0 Å². The number of halogens is 1. The first kappa shape index (κ1) is 19.1. The van der Waals surface area contributed by atoms with Crippen LogP contribution in [-0.4, -0.2) is 48.8 Å². The third-order valence-electron chi connectivity index (χ3n) is 4.53. The lowest BCUT2D eigenvalue weighted by Gasteiger charge is -2.33. The van der Waals surface area contributed by atoms with Crippen LogP contribution >= 0.6 is 22.9 Å². The second-order valence-corrected chi connectivity index (χ2v) is 9.63. The highest BCUT2D eigenvalue weighted by molar-refractivity contribution is 7.89. The second-order valence-electron chi connectivity index (χ2n) is 6.25. The number of aromatic nitrogens is 1. The van der Waals surface area contributed by atoms with E-state index in [4.69, 9.17) is 11.6 Å². The maximum absolute atomic E-state index is 12.8. The lowest BCUT2D eigenvalue weighted by Crippen LogP contribution is -2.48.